The molecule has 1 atom stereocenters. The van der Waals surface area contributed by atoms with Crippen LogP contribution >= 0.6 is 11.6 Å². The van der Waals surface area contributed by atoms with E-state index in [-0.39, 0.29) is 11.3 Å². The molecule has 1 unspecified atom stereocenters. The Bertz CT molecular complexity index is 683. The molecule has 0 bridgehead atoms. The summed E-state index contributed by atoms with van der Waals surface area (Å²) in [7, 11) is 1.89. The summed E-state index contributed by atoms with van der Waals surface area (Å²) in [6, 6.07) is 0.394. The van der Waals surface area contributed by atoms with Crippen LogP contribution < -0.4 is 5.32 Å². The van der Waals surface area contributed by atoms with Crippen LogP contribution in [0.2, 0.25) is 0 Å². The average molecular weight is 310 g/mol. The Hall–Kier alpha value is -1.56. The molecule has 114 valence electrons. The maximum absolute atomic E-state index is 11.9. The van der Waals surface area contributed by atoms with E-state index in [1.54, 1.807) is 4.68 Å². The van der Waals surface area contributed by atoms with Gasteiger partial charge < -0.3 is 9.88 Å². The van der Waals surface area contributed by atoms with Gasteiger partial charge in [0.15, 0.2) is 5.65 Å². The van der Waals surface area contributed by atoms with Crippen LogP contribution in [0.5, 0.6) is 0 Å². The van der Waals surface area contributed by atoms with Crippen LogP contribution in [0.4, 0.5) is 0 Å². The normalized spacial score (nSPS) is 16.4. The SMILES string of the molecule is Cc1nn(C)c2c1nc(C(C)Cl)n2CCC(=O)NC1CC1. The van der Waals surface area contributed by atoms with Crippen LogP contribution in [0.15, 0.2) is 0 Å². The first-order valence-electron chi connectivity index (χ1n) is 7.30. The largest absolute Gasteiger partial charge is 0.353 e. The van der Waals surface area contributed by atoms with Gasteiger partial charge in [0, 0.05) is 26.1 Å². The Labute approximate surface area is 128 Å². The summed E-state index contributed by atoms with van der Waals surface area (Å²) in [4.78, 5) is 16.5. The number of nitrogens with zero attached hydrogens (tertiary/aromatic N) is 4. The molecule has 2 aromatic heterocycles. The minimum Gasteiger partial charge on any atom is -0.353 e. The molecular weight excluding hydrogens is 290 g/mol. The number of alkyl halides is 1. The maximum Gasteiger partial charge on any atom is 0.222 e. The number of halogens is 1. The van der Waals surface area contributed by atoms with Crippen molar-refractivity contribution >= 4 is 28.7 Å². The van der Waals surface area contributed by atoms with E-state index in [0.717, 1.165) is 35.5 Å². The molecule has 2 heterocycles. The topological polar surface area (TPSA) is 64.7 Å². The Morgan fingerprint density at radius 1 is 1.52 bits per heavy atom. The number of hydrogen-bond acceptors (Lipinski definition) is 3. The molecule has 1 fully saturated rings. The fourth-order valence-electron chi connectivity index (χ4n) is 2.62. The van der Waals surface area contributed by atoms with Gasteiger partial charge in [-0.1, -0.05) is 0 Å². The van der Waals surface area contributed by atoms with Crippen LogP contribution in [0.1, 0.15) is 43.1 Å². The molecule has 1 N–H and O–H groups in total. The summed E-state index contributed by atoms with van der Waals surface area (Å²) in [6.45, 7) is 4.40. The van der Waals surface area contributed by atoms with Crippen LogP contribution in [-0.2, 0) is 18.4 Å². The van der Waals surface area contributed by atoms with Gasteiger partial charge in [-0.2, -0.15) is 5.10 Å². The summed E-state index contributed by atoms with van der Waals surface area (Å²) < 4.78 is 3.82. The molecule has 2 aromatic rings. The van der Waals surface area contributed by atoms with Crippen LogP contribution in [0, 0.1) is 6.92 Å². The lowest BCUT2D eigenvalue weighted by Crippen LogP contribution is -2.26. The van der Waals surface area contributed by atoms with Crippen molar-refractivity contribution in [3.63, 3.8) is 0 Å². The van der Waals surface area contributed by atoms with Crippen molar-refractivity contribution in [2.75, 3.05) is 0 Å². The molecule has 0 radical (unpaired) electrons. The zero-order chi connectivity index (χ0) is 15.1. The van der Waals surface area contributed by atoms with Gasteiger partial charge in [-0.3, -0.25) is 9.48 Å². The molecular formula is C14H20ClN5O. The third kappa shape index (κ3) is 2.77. The molecule has 1 aliphatic rings. The quantitative estimate of drug-likeness (QED) is 0.860. The number of carbonyl (C=O) groups is 1. The van der Waals surface area contributed by atoms with Crippen molar-refractivity contribution in [3.8, 4) is 0 Å². The highest BCUT2D eigenvalue weighted by Gasteiger charge is 2.24. The third-order valence-electron chi connectivity index (χ3n) is 3.78. The van der Waals surface area contributed by atoms with Gasteiger partial charge in [-0.15, -0.1) is 11.6 Å². The summed E-state index contributed by atoms with van der Waals surface area (Å²) in [5, 5.41) is 7.19. The van der Waals surface area contributed by atoms with Gasteiger partial charge in [-0.25, -0.2) is 4.98 Å². The second-order valence-corrected chi connectivity index (χ2v) is 6.37. The molecule has 1 aliphatic carbocycles. The Kier molecular flexibility index (Phi) is 3.65. The zero-order valence-corrected chi connectivity index (χ0v) is 13.3. The lowest BCUT2D eigenvalue weighted by Gasteiger charge is -2.11. The molecule has 3 rings (SSSR count). The highest BCUT2D eigenvalue weighted by Crippen LogP contribution is 2.26. The second-order valence-electron chi connectivity index (χ2n) is 5.71. The van der Waals surface area contributed by atoms with Gasteiger partial charge in [0.25, 0.3) is 0 Å². The first-order valence-corrected chi connectivity index (χ1v) is 7.74. The van der Waals surface area contributed by atoms with Gasteiger partial charge in [-0.05, 0) is 26.7 Å². The van der Waals surface area contributed by atoms with Crippen LogP contribution in [0.25, 0.3) is 11.2 Å². The first kappa shape index (κ1) is 14.4. The Balaban J connectivity index is 1.87. The van der Waals surface area contributed by atoms with Gasteiger partial charge in [0.1, 0.15) is 11.3 Å². The highest BCUT2D eigenvalue weighted by molar-refractivity contribution is 6.20. The fourth-order valence-corrected chi connectivity index (χ4v) is 2.78. The third-order valence-corrected chi connectivity index (χ3v) is 3.98. The van der Waals surface area contributed by atoms with E-state index in [0.29, 0.717) is 19.0 Å². The van der Waals surface area contributed by atoms with E-state index in [1.165, 1.54) is 0 Å². The summed E-state index contributed by atoms with van der Waals surface area (Å²) >= 11 is 6.24. The summed E-state index contributed by atoms with van der Waals surface area (Å²) in [5.41, 5.74) is 2.67. The monoisotopic (exact) mass is 309 g/mol. The van der Waals surface area contributed by atoms with Gasteiger partial charge in [0.05, 0.1) is 11.1 Å². The first-order chi connectivity index (χ1) is 9.97. The molecule has 1 amide bonds. The van der Waals surface area contributed by atoms with Crippen LogP contribution in [0.3, 0.4) is 0 Å². The van der Waals surface area contributed by atoms with E-state index in [4.69, 9.17) is 11.6 Å². The van der Waals surface area contributed by atoms with Crippen molar-refractivity contribution in [2.45, 2.75) is 51.1 Å². The number of fused-ring (bicyclic) bond motifs is 1. The molecule has 7 heteroatoms. The van der Waals surface area contributed by atoms with E-state index in [9.17, 15) is 4.79 Å². The van der Waals surface area contributed by atoms with Crippen molar-refractivity contribution < 1.29 is 4.79 Å². The highest BCUT2D eigenvalue weighted by atomic mass is 35.5. The number of hydrogen-bond donors (Lipinski definition) is 1. The van der Waals surface area contributed by atoms with E-state index in [1.807, 2.05) is 25.5 Å². The molecule has 0 spiro atoms. The van der Waals surface area contributed by atoms with Crippen molar-refractivity contribution in [2.24, 2.45) is 7.05 Å². The summed E-state index contributed by atoms with van der Waals surface area (Å²) in [5.74, 6) is 0.883. The van der Waals surface area contributed by atoms with Crippen LogP contribution in [-0.4, -0.2) is 31.3 Å². The van der Waals surface area contributed by atoms with Gasteiger partial charge in [0.2, 0.25) is 5.91 Å². The number of imidazole rings is 1. The predicted molar refractivity (Wildman–Crippen MR) is 81.3 cm³/mol. The molecule has 0 aliphatic heterocycles. The van der Waals surface area contributed by atoms with Gasteiger partial charge >= 0.3 is 0 Å². The fraction of sp³-hybridized carbons (Fsp3) is 0.643. The molecule has 0 saturated heterocycles. The number of aromatic nitrogens is 4. The van der Waals surface area contributed by atoms with E-state index in [2.05, 4.69) is 15.4 Å². The van der Waals surface area contributed by atoms with E-state index >= 15 is 0 Å². The van der Waals surface area contributed by atoms with Crippen molar-refractivity contribution in [1.82, 2.24) is 24.6 Å². The number of carbonyl (C=O) groups excluding carboxylic acids is 1. The molecule has 0 aromatic carbocycles. The second kappa shape index (κ2) is 5.33. The number of nitrogens with one attached hydrogen (secondary N) is 1. The zero-order valence-electron chi connectivity index (χ0n) is 12.6. The molecule has 1 saturated carbocycles. The predicted octanol–water partition coefficient (Wildman–Crippen LogP) is 2.05. The number of aryl methyl sites for hydroxylation is 3. The van der Waals surface area contributed by atoms with Crippen molar-refractivity contribution in [1.29, 1.82) is 0 Å². The Morgan fingerprint density at radius 3 is 2.86 bits per heavy atom. The number of amides is 1. The number of rotatable bonds is 5. The summed E-state index contributed by atoms with van der Waals surface area (Å²) in [6.07, 6.45) is 2.64. The van der Waals surface area contributed by atoms with E-state index < -0.39 is 0 Å². The Morgan fingerprint density at radius 2 is 2.24 bits per heavy atom. The standard InChI is InChI=1S/C14H20ClN5O/c1-8(15)13-17-12-9(2)18-19(3)14(12)20(13)7-6-11(21)16-10-4-5-10/h8,10H,4-7H2,1-3H3,(H,16,21). The average Bonchev–Trinajstić information content (AvgIpc) is 3.05. The smallest absolute Gasteiger partial charge is 0.222 e. The minimum atomic E-state index is -0.205. The molecule has 21 heavy (non-hydrogen) atoms. The maximum atomic E-state index is 11.9. The molecule has 6 nitrogen and oxygen atoms in total. The minimum absolute atomic E-state index is 0.0893. The lowest BCUT2D eigenvalue weighted by atomic mass is 10.3. The lowest BCUT2D eigenvalue weighted by molar-refractivity contribution is -0.121. The van der Waals surface area contributed by atoms with Crippen molar-refractivity contribution in [3.05, 3.63) is 11.5 Å².